The molecular weight excluding hydrogens is 144 g/mol. The van der Waals surface area contributed by atoms with Gasteiger partial charge in [-0.05, 0) is 30.1 Å². The molecule has 2 aliphatic rings. The molecule has 70 valence electrons. The molecule has 0 heterocycles. The van der Waals surface area contributed by atoms with Gasteiger partial charge in [-0.15, -0.1) is 0 Å². The topological polar surface area (TPSA) is 0 Å². The number of hydrogen-bond acceptors (Lipinski definition) is 0. The summed E-state index contributed by atoms with van der Waals surface area (Å²) in [5.41, 5.74) is 0.790. The van der Waals surface area contributed by atoms with Crippen LogP contribution < -0.4 is 0 Å². The van der Waals surface area contributed by atoms with Crippen molar-refractivity contribution in [2.45, 2.75) is 58.8 Å². The molecule has 12 heavy (non-hydrogen) atoms. The first-order valence-corrected chi connectivity index (χ1v) is 5.76. The first-order chi connectivity index (χ1) is 5.76. The Labute approximate surface area is 76.7 Å². The van der Waals surface area contributed by atoms with Gasteiger partial charge in [0.1, 0.15) is 0 Å². The lowest BCUT2D eigenvalue weighted by atomic mass is 9.62. The van der Waals surface area contributed by atoms with Crippen molar-refractivity contribution < 1.29 is 0 Å². The highest BCUT2D eigenvalue weighted by Gasteiger charge is 2.44. The molecule has 0 aromatic rings. The Morgan fingerprint density at radius 1 is 0.833 bits per heavy atom. The average Bonchev–Trinajstić information content (AvgIpc) is 2.41. The third-order valence-electron chi connectivity index (χ3n) is 4.77. The van der Waals surface area contributed by atoms with E-state index in [1.165, 1.54) is 44.9 Å². The molecule has 0 nitrogen and oxygen atoms in total. The molecule has 0 bridgehead atoms. The van der Waals surface area contributed by atoms with Crippen molar-refractivity contribution in [1.82, 2.24) is 0 Å². The molecule has 0 N–H and O–H groups in total. The third kappa shape index (κ3) is 1.11. The fraction of sp³-hybridized carbons (Fsp3) is 1.00. The molecule has 2 fully saturated rings. The van der Waals surface area contributed by atoms with Crippen molar-refractivity contribution in [2.24, 2.45) is 17.3 Å². The van der Waals surface area contributed by atoms with Crippen LogP contribution in [0.3, 0.4) is 0 Å². The van der Waals surface area contributed by atoms with Crippen LogP contribution in [0, 0.1) is 17.3 Å². The van der Waals surface area contributed by atoms with Crippen LogP contribution >= 0.6 is 0 Å². The van der Waals surface area contributed by atoms with Gasteiger partial charge < -0.3 is 0 Å². The summed E-state index contributed by atoms with van der Waals surface area (Å²) in [6.45, 7) is 5.00. The van der Waals surface area contributed by atoms with Gasteiger partial charge in [0.2, 0.25) is 0 Å². The van der Waals surface area contributed by atoms with Crippen LogP contribution in [0.1, 0.15) is 58.8 Å². The largest absolute Gasteiger partial charge is 0.0620 e. The molecule has 0 radical (unpaired) electrons. The average molecular weight is 166 g/mol. The lowest BCUT2D eigenvalue weighted by molar-refractivity contribution is 0.0681. The number of hydrogen-bond donors (Lipinski definition) is 0. The second kappa shape index (κ2) is 3.05. The highest BCUT2D eigenvalue weighted by Crippen LogP contribution is 2.55. The van der Waals surface area contributed by atoms with E-state index in [9.17, 15) is 0 Å². The Hall–Kier alpha value is 0. The summed E-state index contributed by atoms with van der Waals surface area (Å²) in [5, 5.41) is 0. The first kappa shape index (κ1) is 8.59. The van der Waals surface area contributed by atoms with Gasteiger partial charge in [-0.25, -0.2) is 0 Å². The van der Waals surface area contributed by atoms with Gasteiger partial charge in [-0.2, -0.15) is 0 Å². The van der Waals surface area contributed by atoms with Gasteiger partial charge in [-0.1, -0.05) is 46.0 Å². The second-order valence-electron chi connectivity index (χ2n) is 5.17. The normalized spacial score (nSPS) is 48.5. The summed E-state index contributed by atoms with van der Waals surface area (Å²) in [7, 11) is 0. The van der Waals surface area contributed by atoms with Crippen molar-refractivity contribution >= 4 is 0 Å². The molecule has 2 aliphatic carbocycles. The van der Waals surface area contributed by atoms with E-state index in [1.807, 2.05) is 0 Å². The lowest BCUT2D eigenvalue weighted by Gasteiger charge is -2.43. The van der Waals surface area contributed by atoms with Gasteiger partial charge in [-0.3, -0.25) is 0 Å². The zero-order valence-electron chi connectivity index (χ0n) is 8.60. The molecule has 2 rings (SSSR count). The summed E-state index contributed by atoms with van der Waals surface area (Å²) in [6.07, 6.45) is 10.6. The maximum absolute atomic E-state index is 2.50. The van der Waals surface area contributed by atoms with Gasteiger partial charge in [0.15, 0.2) is 0 Å². The molecule has 0 unspecified atom stereocenters. The van der Waals surface area contributed by atoms with Crippen LogP contribution in [-0.4, -0.2) is 0 Å². The molecule has 0 aromatic carbocycles. The highest BCUT2D eigenvalue weighted by molar-refractivity contribution is 4.95. The van der Waals surface area contributed by atoms with E-state index in [0.29, 0.717) is 0 Å². The van der Waals surface area contributed by atoms with Gasteiger partial charge >= 0.3 is 0 Å². The van der Waals surface area contributed by atoms with Crippen molar-refractivity contribution in [2.75, 3.05) is 0 Å². The molecule has 0 saturated heterocycles. The quantitative estimate of drug-likeness (QED) is 0.510. The number of rotatable bonds is 0. The van der Waals surface area contributed by atoms with E-state index >= 15 is 0 Å². The molecule has 0 amide bonds. The molecule has 0 aliphatic heterocycles. The SMILES string of the molecule is C[C@H]1CCCC[C@@]12CCC[C@@H]2C. The minimum absolute atomic E-state index is 0.790. The van der Waals surface area contributed by atoms with Crippen LogP contribution in [0.25, 0.3) is 0 Å². The van der Waals surface area contributed by atoms with E-state index in [0.717, 1.165) is 17.3 Å². The van der Waals surface area contributed by atoms with E-state index in [1.54, 1.807) is 0 Å². The Kier molecular flexibility index (Phi) is 2.18. The third-order valence-corrected chi connectivity index (χ3v) is 4.77. The van der Waals surface area contributed by atoms with Crippen molar-refractivity contribution in [1.29, 1.82) is 0 Å². The van der Waals surface area contributed by atoms with Crippen LogP contribution in [0.4, 0.5) is 0 Å². The van der Waals surface area contributed by atoms with Crippen LogP contribution in [0.15, 0.2) is 0 Å². The van der Waals surface area contributed by atoms with E-state index in [-0.39, 0.29) is 0 Å². The van der Waals surface area contributed by atoms with E-state index in [4.69, 9.17) is 0 Å². The van der Waals surface area contributed by atoms with Crippen LogP contribution in [0.2, 0.25) is 0 Å². The predicted molar refractivity (Wildman–Crippen MR) is 53.1 cm³/mol. The van der Waals surface area contributed by atoms with Crippen LogP contribution in [-0.2, 0) is 0 Å². The Morgan fingerprint density at radius 2 is 1.42 bits per heavy atom. The summed E-state index contributed by atoms with van der Waals surface area (Å²) in [4.78, 5) is 0. The Morgan fingerprint density at radius 3 is 2.00 bits per heavy atom. The second-order valence-corrected chi connectivity index (χ2v) is 5.17. The molecule has 3 atom stereocenters. The first-order valence-electron chi connectivity index (χ1n) is 5.76. The van der Waals surface area contributed by atoms with Crippen molar-refractivity contribution in [3.05, 3.63) is 0 Å². The fourth-order valence-electron chi connectivity index (χ4n) is 3.81. The van der Waals surface area contributed by atoms with E-state index < -0.39 is 0 Å². The van der Waals surface area contributed by atoms with Gasteiger partial charge in [0.05, 0.1) is 0 Å². The molecule has 1 spiro atoms. The molecular formula is C12H22. The monoisotopic (exact) mass is 166 g/mol. The summed E-state index contributed by atoms with van der Waals surface area (Å²) in [6, 6.07) is 0. The summed E-state index contributed by atoms with van der Waals surface area (Å²) < 4.78 is 0. The minimum atomic E-state index is 0.790. The van der Waals surface area contributed by atoms with Gasteiger partial charge in [0.25, 0.3) is 0 Å². The fourth-order valence-corrected chi connectivity index (χ4v) is 3.81. The van der Waals surface area contributed by atoms with Crippen LogP contribution in [0.5, 0.6) is 0 Å². The zero-order valence-corrected chi connectivity index (χ0v) is 8.60. The lowest BCUT2D eigenvalue weighted by Crippen LogP contribution is -2.34. The molecule has 0 heteroatoms. The highest BCUT2D eigenvalue weighted by atomic mass is 14.5. The maximum atomic E-state index is 2.50. The molecule has 0 aromatic heterocycles. The van der Waals surface area contributed by atoms with Crippen molar-refractivity contribution in [3.63, 3.8) is 0 Å². The predicted octanol–water partition coefficient (Wildman–Crippen LogP) is 4.00. The zero-order chi connectivity index (χ0) is 8.60. The van der Waals surface area contributed by atoms with E-state index in [2.05, 4.69) is 13.8 Å². The summed E-state index contributed by atoms with van der Waals surface area (Å²) >= 11 is 0. The Balaban J connectivity index is 2.15. The van der Waals surface area contributed by atoms with Crippen molar-refractivity contribution in [3.8, 4) is 0 Å². The minimum Gasteiger partial charge on any atom is -0.0620 e. The maximum Gasteiger partial charge on any atom is -0.0246 e. The van der Waals surface area contributed by atoms with Gasteiger partial charge in [0, 0.05) is 0 Å². The Bertz CT molecular complexity index is 161. The molecule has 2 saturated carbocycles. The summed E-state index contributed by atoms with van der Waals surface area (Å²) in [5.74, 6) is 2.04. The standard InChI is InChI=1S/C12H22/c1-10-6-3-4-8-12(10)9-5-7-11(12)2/h10-11H,3-9H2,1-2H3/t10-,11-,12+/m0/s1. The smallest absolute Gasteiger partial charge is 0.0246 e.